The van der Waals surface area contributed by atoms with E-state index in [1.54, 1.807) is 42.5 Å². The van der Waals surface area contributed by atoms with E-state index in [2.05, 4.69) is 9.97 Å². The lowest BCUT2D eigenvalue weighted by atomic mass is 9.84. The van der Waals surface area contributed by atoms with Crippen LogP contribution in [-0.2, 0) is 11.6 Å². The monoisotopic (exact) mass is 479 g/mol. The molecule has 176 valence electrons. The lowest BCUT2D eigenvalue weighted by Gasteiger charge is -2.25. The molecular weight excluding hydrogens is 461 g/mol. The zero-order valence-corrected chi connectivity index (χ0v) is 18.7. The molecule has 0 unspecified atom stereocenters. The molecule has 0 amide bonds. The van der Waals surface area contributed by atoms with Crippen LogP contribution in [-0.4, -0.2) is 9.97 Å². The minimum absolute atomic E-state index is 0.0220. The van der Waals surface area contributed by atoms with Crippen LogP contribution in [0.4, 0.5) is 22.0 Å². The van der Waals surface area contributed by atoms with Crippen molar-refractivity contribution in [2.45, 2.75) is 25.4 Å². The number of pyridine rings is 2. The van der Waals surface area contributed by atoms with Crippen molar-refractivity contribution in [2.75, 3.05) is 0 Å². The van der Waals surface area contributed by atoms with Crippen molar-refractivity contribution in [1.82, 2.24) is 9.97 Å². The van der Waals surface area contributed by atoms with E-state index < -0.39 is 34.4 Å². The van der Waals surface area contributed by atoms with Crippen LogP contribution in [0.25, 0.3) is 22.5 Å². The van der Waals surface area contributed by atoms with Gasteiger partial charge in [-0.25, -0.2) is 8.78 Å². The fraction of sp³-hybridized carbons (Fsp3) is 0.148. The summed E-state index contributed by atoms with van der Waals surface area (Å²) >= 11 is 0. The Kier molecular flexibility index (Phi) is 6.12. The Morgan fingerprint density at radius 1 is 0.771 bits per heavy atom. The number of hydrogen-bond acceptors (Lipinski definition) is 3. The molecule has 2 aromatic carbocycles. The van der Waals surface area contributed by atoms with Crippen molar-refractivity contribution < 1.29 is 22.0 Å². The first-order chi connectivity index (χ1) is 16.5. The van der Waals surface area contributed by atoms with E-state index in [1.165, 1.54) is 18.2 Å². The molecule has 0 N–H and O–H groups in total. The van der Waals surface area contributed by atoms with Gasteiger partial charge >= 0.3 is 6.18 Å². The topological polar surface area (TPSA) is 49.6 Å². The SMILES string of the molecule is CC(C)(c1cccc(-c2cccc(C(F)(F)F)c2)n1)c1cccc(-c2ccc(F)c(C#N)c2F)n1. The molecule has 0 aliphatic rings. The maximum absolute atomic E-state index is 14.7. The predicted molar refractivity (Wildman–Crippen MR) is 121 cm³/mol. The molecule has 4 aromatic rings. The van der Waals surface area contributed by atoms with Crippen molar-refractivity contribution in [3.8, 4) is 28.6 Å². The van der Waals surface area contributed by atoms with Gasteiger partial charge in [0.15, 0.2) is 5.82 Å². The third-order valence-corrected chi connectivity index (χ3v) is 5.74. The molecule has 2 heterocycles. The summed E-state index contributed by atoms with van der Waals surface area (Å²) in [6, 6.07) is 18.6. The molecule has 0 bridgehead atoms. The van der Waals surface area contributed by atoms with Gasteiger partial charge in [0, 0.05) is 16.5 Å². The zero-order valence-electron chi connectivity index (χ0n) is 18.7. The highest BCUT2D eigenvalue weighted by Crippen LogP contribution is 2.35. The molecule has 0 atom stereocenters. The molecule has 35 heavy (non-hydrogen) atoms. The van der Waals surface area contributed by atoms with Crippen LogP contribution in [0.2, 0.25) is 0 Å². The van der Waals surface area contributed by atoms with Crippen molar-refractivity contribution in [3.63, 3.8) is 0 Å². The standard InChI is InChI=1S/C27H18F5N3/c1-26(2,23-10-4-8-21(34-23)16-6-3-7-17(14-16)27(30,31)32)24-11-5-9-22(35-24)18-12-13-20(28)19(15-33)25(18)29/h3-14H,1-2H3. The Morgan fingerprint density at radius 3 is 2.00 bits per heavy atom. The second kappa shape index (κ2) is 8.91. The molecule has 0 saturated heterocycles. The summed E-state index contributed by atoms with van der Waals surface area (Å²) in [5.74, 6) is -1.96. The van der Waals surface area contributed by atoms with Crippen molar-refractivity contribution >= 4 is 0 Å². The molecule has 0 fully saturated rings. The van der Waals surface area contributed by atoms with E-state index in [1.807, 2.05) is 13.8 Å². The second-order valence-corrected chi connectivity index (χ2v) is 8.42. The smallest absolute Gasteiger partial charge is 0.252 e. The average Bonchev–Trinajstić information content (AvgIpc) is 2.84. The molecule has 0 aliphatic carbocycles. The van der Waals surface area contributed by atoms with Crippen LogP contribution in [0.1, 0.15) is 36.4 Å². The zero-order chi connectivity index (χ0) is 25.4. The van der Waals surface area contributed by atoms with Crippen molar-refractivity contribution in [3.05, 3.63) is 107 Å². The van der Waals surface area contributed by atoms with Crippen LogP contribution in [0.3, 0.4) is 0 Å². The number of hydrogen-bond donors (Lipinski definition) is 0. The van der Waals surface area contributed by atoms with Crippen LogP contribution >= 0.6 is 0 Å². The minimum Gasteiger partial charge on any atom is -0.252 e. The summed E-state index contributed by atoms with van der Waals surface area (Å²) in [5.41, 5.74) is -0.372. The van der Waals surface area contributed by atoms with Crippen molar-refractivity contribution in [1.29, 1.82) is 5.26 Å². The van der Waals surface area contributed by atoms with E-state index in [0.29, 0.717) is 22.6 Å². The fourth-order valence-corrected chi connectivity index (χ4v) is 3.72. The lowest BCUT2D eigenvalue weighted by molar-refractivity contribution is -0.137. The highest BCUT2D eigenvalue weighted by atomic mass is 19.4. The molecule has 0 spiro atoms. The van der Waals surface area contributed by atoms with Crippen molar-refractivity contribution in [2.24, 2.45) is 0 Å². The maximum atomic E-state index is 14.7. The largest absolute Gasteiger partial charge is 0.416 e. The van der Waals surface area contributed by atoms with Crippen LogP contribution in [0.15, 0.2) is 72.8 Å². The maximum Gasteiger partial charge on any atom is 0.416 e. The van der Waals surface area contributed by atoms with Crippen LogP contribution < -0.4 is 0 Å². The van der Waals surface area contributed by atoms with E-state index >= 15 is 0 Å². The summed E-state index contributed by atoms with van der Waals surface area (Å²) in [4.78, 5) is 9.14. The highest BCUT2D eigenvalue weighted by Gasteiger charge is 2.31. The minimum atomic E-state index is -4.47. The lowest BCUT2D eigenvalue weighted by Crippen LogP contribution is -2.22. The molecular formula is C27H18F5N3. The van der Waals surface area contributed by atoms with Gasteiger partial charge in [-0.2, -0.15) is 18.4 Å². The van der Waals surface area contributed by atoms with Gasteiger partial charge in [0.25, 0.3) is 0 Å². The number of nitriles is 1. The molecule has 8 heteroatoms. The normalized spacial score (nSPS) is 11.8. The van der Waals surface area contributed by atoms with E-state index in [-0.39, 0.29) is 11.3 Å². The number of aromatic nitrogens is 2. The number of alkyl halides is 3. The number of nitrogens with zero attached hydrogens (tertiary/aromatic N) is 3. The van der Waals surface area contributed by atoms with E-state index in [0.717, 1.165) is 18.2 Å². The van der Waals surface area contributed by atoms with Gasteiger partial charge in [-0.15, -0.1) is 0 Å². The molecule has 4 rings (SSSR count). The van der Waals surface area contributed by atoms with E-state index in [4.69, 9.17) is 5.26 Å². The summed E-state index contributed by atoms with van der Waals surface area (Å²) in [7, 11) is 0. The highest BCUT2D eigenvalue weighted by molar-refractivity contribution is 5.64. The summed E-state index contributed by atoms with van der Waals surface area (Å²) in [6.45, 7) is 3.66. The van der Waals surface area contributed by atoms with Gasteiger partial charge in [-0.1, -0.05) is 24.3 Å². The molecule has 3 nitrogen and oxygen atoms in total. The van der Waals surface area contributed by atoms with Gasteiger partial charge in [0.05, 0.1) is 28.3 Å². The van der Waals surface area contributed by atoms with E-state index in [9.17, 15) is 22.0 Å². The fourth-order valence-electron chi connectivity index (χ4n) is 3.72. The second-order valence-electron chi connectivity index (χ2n) is 8.42. The molecule has 0 aliphatic heterocycles. The Labute approximate surface area is 198 Å². The number of benzene rings is 2. The van der Waals surface area contributed by atoms with Crippen LogP contribution in [0, 0.1) is 23.0 Å². The van der Waals surface area contributed by atoms with Crippen LogP contribution in [0.5, 0.6) is 0 Å². The first-order valence-corrected chi connectivity index (χ1v) is 10.5. The molecule has 0 saturated carbocycles. The summed E-state index contributed by atoms with van der Waals surface area (Å²) in [6.07, 6.45) is -4.47. The molecule has 0 radical (unpaired) electrons. The van der Waals surface area contributed by atoms with Gasteiger partial charge in [-0.3, -0.25) is 9.97 Å². The first kappa shape index (κ1) is 24.0. The third kappa shape index (κ3) is 4.62. The third-order valence-electron chi connectivity index (χ3n) is 5.74. The first-order valence-electron chi connectivity index (χ1n) is 10.5. The Balaban J connectivity index is 1.75. The van der Waals surface area contributed by atoms with Gasteiger partial charge < -0.3 is 0 Å². The number of rotatable bonds is 4. The quantitative estimate of drug-likeness (QED) is 0.289. The van der Waals surface area contributed by atoms with Gasteiger partial charge in [0.1, 0.15) is 17.4 Å². The average molecular weight is 479 g/mol. The molecule has 2 aromatic heterocycles. The van der Waals surface area contributed by atoms with Gasteiger partial charge in [0.2, 0.25) is 0 Å². The number of halogens is 5. The summed E-state index contributed by atoms with van der Waals surface area (Å²) in [5, 5.41) is 9.06. The Hall–Kier alpha value is -4.12. The predicted octanol–water partition coefficient (Wildman–Crippen LogP) is 7.31. The van der Waals surface area contributed by atoms with Gasteiger partial charge in [-0.05, 0) is 62.4 Å². The Morgan fingerprint density at radius 2 is 1.37 bits per heavy atom. The summed E-state index contributed by atoms with van der Waals surface area (Å²) < 4.78 is 68.0. The Bertz CT molecular complexity index is 1450.